The van der Waals surface area contributed by atoms with Crippen molar-refractivity contribution in [1.82, 2.24) is 5.32 Å². The van der Waals surface area contributed by atoms with Crippen molar-refractivity contribution in [2.24, 2.45) is 0 Å². The molecule has 0 aliphatic carbocycles. The summed E-state index contributed by atoms with van der Waals surface area (Å²) in [5.41, 5.74) is 7.80. The van der Waals surface area contributed by atoms with Crippen molar-refractivity contribution in [3.63, 3.8) is 0 Å². The lowest BCUT2D eigenvalue weighted by Crippen LogP contribution is -2.32. The van der Waals surface area contributed by atoms with Gasteiger partial charge in [0.15, 0.2) is 0 Å². The van der Waals surface area contributed by atoms with Gasteiger partial charge in [0.2, 0.25) is 0 Å². The van der Waals surface area contributed by atoms with Gasteiger partial charge in [0.05, 0.1) is 0 Å². The Morgan fingerprint density at radius 3 is 2.68 bits per heavy atom. The molecule has 1 atom stereocenters. The van der Waals surface area contributed by atoms with Crippen LogP contribution in [-0.4, -0.2) is 23.0 Å². The molecule has 0 fully saturated rings. The number of aliphatic carboxylic acids is 1. The predicted octanol–water partition coefficient (Wildman–Crippen LogP) is 1.95. The number of carboxylic acid groups (broad SMARTS) is 1. The third-order valence-electron chi connectivity index (χ3n) is 2.95. The van der Waals surface area contributed by atoms with Gasteiger partial charge >= 0.3 is 5.97 Å². The summed E-state index contributed by atoms with van der Waals surface area (Å²) >= 11 is 0. The molecule has 104 valence electrons. The Morgan fingerprint density at radius 2 is 2.11 bits per heavy atom. The van der Waals surface area contributed by atoms with Crippen LogP contribution in [-0.2, 0) is 4.79 Å². The third-order valence-corrected chi connectivity index (χ3v) is 2.95. The zero-order valence-electron chi connectivity index (χ0n) is 11.3. The molecule has 0 aliphatic rings. The van der Waals surface area contributed by atoms with Gasteiger partial charge in [0.25, 0.3) is 5.91 Å². The van der Waals surface area contributed by atoms with E-state index < -0.39 is 5.97 Å². The molecule has 0 heterocycles. The van der Waals surface area contributed by atoms with Crippen LogP contribution in [0.15, 0.2) is 18.2 Å². The number of carbonyl (C=O) groups is 2. The van der Waals surface area contributed by atoms with Crippen LogP contribution in [0.1, 0.15) is 42.1 Å². The van der Waals surface area contributed by atoms with Crippen molar-refractivity contribution in [2.75, 3.05) is 5.73 Å². The quantitative estimate of drug-likeness (QED) is 0.685. The van der Waals surface area contributed by atoms with E-state index in [1.807, 2.05) is 13.8 Å². The zero-order valence-corrected chi connectivity index (χ0v) is 11.3. The molecule has 1 aromatic rings. The van der Waals surface area contributed by atoms with Gasteiger partial charge < -0.3 is 16.2 Å². The average Bonchev–Trinajstić information content (AvgIpc) is 2.32. The molecule has 0 radical (unpaired) electrons. The number of nitrogens with two attached hydrogens (primary N) is 1. The molecule has 1 amide bonds. The molecular weight excluding hydrogens is 244 g/mol. The molecule has 19 heavy (non-hydrogen) atoms. The van der Waals surface area contributed by atoms with Crippen LogP contribution in [0.2, 0.25) is 0 Å². The number of aryl methyl sites for hydroxylation is 1. The van der Waals surface area contributed by atoms with Gasteiger partial charge in [-0.15, -0.1) is 0 Å². The van der Waals surface area contributed by atoms with Gasteiger partial charge in [-0.05, 0) is 44.4 Å². The van der Waals surface area contributed by atoms with Crippen molar-refractivity contribution in [3.8, 4) is 0 Å². The van der Waals surface area contributed by atoms with Crippen LogP contribution in [0.4, 0.5) is 5.69 Å². The smallest absolute Gasteiger partial charge is 0.303 e. The second-order valence-corrected chi connectivity index (χ2v) is 4.73. The van der Waals surface area contributed by atoms with Crippen LogP contribution < -0.4 is 11.1 Å². The van der Waals surface area contributed by atoms with E-state index in [9.17, 15) is 9.59 Å². The minimum absolute atomic E-state index is 0.0608. The largest absolute Gasteiger partial charge is 0.481 e. The van der Waals surface area contributed by atoms with Gasteiger partial charge in [0.1, 0.15) is 0 Å². The second-order valence-electron chi connectivity index (χ2n) is 4.73. The summed E-state index contributed by atoms with van der Waals surface area (Å²) in [6.45, 7) is 3.74. The fourth-order valence-corrected chi connectivity index (χ4v) is 1.72. The Hall–Kier alpha value is -2.04. The summed E-state index contributed by atoms with van der Waals surface area (Å²) in [4.78, 5) is 22.3. The Kier molecular flexibility index (Phi) is 5.36. The van der Waals surface area contributed by atoms with E-state index in [4.69, 9.17) is 10.8 Å². The summed E-state index contributed by atoms with van der Waals surface area (Å²) in [7, 11) is 0. The Balaban J connectivity index is 2.49. The van der Waals surface area contributed by atoms with Crippen molar-refractivity contribution >= 4 is 17.6 Å². The highest BCUT2D eigenvalue weighted by atomic mass is 16.4. The van der Waals surface area contributed by atoms with Gasteiger partial charge in [-0.3, -0.25) is 9.59 Å². The first kappa shape index (κ1) is 15.0. The standard InChI is InChI=1S/C14H20N2O3/c1-9-6-7-11(8-12(9)15)14(19)16-10(2)4-3-5-13(17)18/h6-8,10H,3-5,15H2,1-2H3,(H,16,19)(H,17,18). The fraction of sp³-hybridized carbons (Fsp3) is 0.429. The van der Waals surface area contributed by atoms with Crippen LogP contribution in [0.3, 0.4) is 0 Å². The highest BCUT2D eigenvalue weighted by molar-refractivity contribution is 5.95. The molecule has 0 saturated heterocycles. The van der Waals surface area contributed by atoms with E-state index in [1.165, 1.54) is 0 Å². The van der Waals surface area contributed by atoms with Crippen LogP contribution in [0, 0.1) is 6.92 Å². The lowest BCUT2D eigenvalue weighted by atomic mass is 10.1. The maximum absolute atomic E-state index is 11.9. The molecule has 1 unspecified atom stereocenters. The number of anilines is 1. The molecular formula is C14H20N2O3. The second kappa shape index (κ2) is 6.78. The summed E-state index contributed by atoms with van der Waals surface area (Å²) in [6, 6.07) is 5.12. The van der Waals surface area contributed by atoms with Crippen molar-refractivity contribution in [1.29, 1.82) is 0 Å². The summed E-state index contributed by atoms with van der Waals surface area (Å²) in [6.07, 6.45) is 1.31. The third kappa shape index (κ3) is 4.99. The molecule has 0 spiro atoms. The Morgan fingerprint density at radius 1 is 1.42 bits per heavy atom. The molecule has 1 rings (SSSR count). The molecule has 4 N–H and O–H groups in total. The maximum atomic E-state index is 11.9. The number of carboxylic acids is 1. The van der Waals surface area contributed by atoms with E-state index in [0.717, 1.165) is 5.56 Å². The number of carbonyl (C=O) groups excluding carboxylic acids is 1. The summed E-state index contributed by atoms with van der Waals surface area (Å²) in [5.74, 6) is -1.00. The van der Waals surface area contributed by atoms with Gasteiger partial charge in [-0.1, -0.05) is 6.07 Å². The SMILES string of the molecule is Cc1ccc(C(=O)NC(C)CCCC(=O)O)cc1N. The van der Waals surface area contributed by atoms with E-state index in [0.29, 0.717) is 24.1 Å². The Labute approximate surface area is 112 Å². The number of rotatable bonds is 6. The number of nitrogen functional groups attached to an aromatic ring is 1. The molecule has 0 saturated carbocycles. The summed E-state index contributed by atoms with van der Waals surface area (Å²) in [5, 5.41) is 11.4. The lowest BCUT2D eigenvalue weighted by Gasteiger charge is -2.13. The van der Waals surface area contributed by atoms with Gasteiger partial charge in [-0.25, -0.2) is 0 Å². The first-order valence-corrected chi connectivity index (χ1v) is 6.29. The number of amides is 1. The maximum Gasteiger partial charge on any atom is 0.303 e. The highest BCUT2D eigenvalue weighted by Gasteiger charge is 2.11. The topological polar surface area (TPSA) is 92.4 Å². The molecule has 5 nitrogen and oxygen atoms in total. The normalized spacial score (nSPS) is 11.9. The first-order valence-electron chi connectivity index (χ1n) is 6.29. The van der Waals surface area contributed by atoms with Gasteiger partial charge in [-0.2, -0.15) is 0 Å². The molecule has 1 aromatic carbocycles. The zero-order chi connectivity index (χ0) is 14.4. The number of nitrogens with one attached hydrogen (secondary N) is 1. The van der Waals surface area contributed by atoms with Crippen LogP contribution in [0.5, 0.6) is 0 Å². The minimum Gasteiger partial charge on any atom is -0.481 e. The lowest BCUT2D eigenvalue weighted by molar-refractivity contribution is -0.137. The van der Waals surface area contributed by atoms with Crippen molar-refractivity contribution in [3.05, 3.63) is 29.3 Å². The number of hydrogen-bond donors (Lipinski definition) is 3. The van der Waals surface area contributed by atoms with Gasteiger partial charge in [0, 0.05) is 23.7 Å². The van der Waals surface area contributed by atoms with E-state index in [1.54, 1.807) is 18.2 Å². The number of benzene rings is 1. The highest BCUT2D eigenvalue weighted by Crippen LogP contribution is 2.13. The monoisotopic (exact) mass is 264 g/mol. The molecule has 0 aliphatic heterocycles. The molecule has 5 heteroatoms. The fourth-order valence-electron chi connectivity index (χ4n) is 1.72. The summed E-state index contributed by atoms with van der Waals surface area (Å²) < 4.78 is 0. The Bertz CT molecular complexity index is 472. The van der Waals surface area contributed by atoms with E-state index in [2.05, 4.69) is 5.32 Å². The molecule has 0 bridgehead atoms. The number of hydrogen-bond acceptors (Lipinski definition) is 3. The van der Waals surface area contributed by atoms with Crippen molar-refractivity contribution < 1.29 is 14.7 Å². The minimum atomic E-state index is -0.815. The van der Waals surface area contributed by atoms with Crippen molar-refractivity contribution in [2.45, 2.75) is 39.2 Å². The van der Waals surface area contributed by atoms with Crippen LogP contribution in [0.25, 0.3) is 0 Å². The predicted molar refractivity (Wildman–Crippen MR) is 74.0 cm³/mol. The molecule has 0 aromatic heterocycles. The first-order chi connectivity index (χ1) is 8.90. The van der Waals surface area contributed by atoms with Crippen LogP contribution >= 0.6 is 0 Å². The van der Waals surface area contributed by atoms with E-state index in [-0.39, 0.29) is 18.4 Å². The average molecular weight is 264 g/mol. The van der Waals surface area contributed by atoms with E-state index >= 15 is 0 Å².